The Morgan fingerprint density at radius 1 is 1.18 bits per heavy atom. The first kappa shape index (κ1) is 22.5. The Kier molecular flexibility index (Phi) is 6.68. The lowest BCUT2D eigenvalue weighted by Gasteiger charge is -2.29. The molecule has 1 saturated carbocycles. The van der Waals surface area contributed by atoms with Crippen molar-refractivity contribution in [2.24, 2.45) is 5.73 Å². The average molecular weight is 453 g/mol. The van der Waals surface area contributed by atoms with E-state index in [1.165, 1.54) is 6.33 Å². The number of primary amides is 1. The molecule has 2 amide bonds. The molecule has 6 N–H and O–H groups in total. The molecule has 3 heterocycles. The number of ether oxygens (including phenoxy) is 1. The van der Waals surface area contributed by atoms with Gasteiger partial charge in [0, 0.05) is 42.9 Å². The van der Waals surface area contributed by atoms with Crippen molar-refractivity contribution in [1.29, 1.82) is 0 Å². The van der Waals surface area contributed by atoms with Crippen molar-refractivity contribution in [2.45, 2.75) is 44.2 Å². The van der Waals surface area contributed by atoms with Crippen LogP contribution in [0.5, 0.6) is 5.88 Å². The topological polar surface area (TPSA) is 163 Å². The molecule has 174 valence electrons. The van der Waals surface area contributed by atoms with Gasteiger partial charge in [0.05, 0.1) is 18.4 Å². The average Bonchev–Trinajstić information content (AvgIpc) is 3.21. The zero-order valence-electron chi connectivity index (χ0n) is 18.5. The third kappa shape index (κ3) is 5.03. The molecule has 0 spiro atoms. The molecule has 11 heteroatoms. The number of methoxy groups -OCH3 is 1. The lowest BCUT2D eigenvalue weighted by atomic mass is 9.91. The molecule has 1 fully saturated rings. The van der Waals surface area contributed by atoms with E-state index in [-0.39, 0.29) is 23.7 Å². The Hall–Kier alpha value is -3.73. The van der Waals surface area contributed by atoms with Crippen molar-refractivity contribution in [3.8, 4) is 17.1 Å². The predicted octanol–water partition coefficient (Wildman–Crippen LogP) is 0.888. The number of hydrogen-bond donors (Lipinski definition) is 4. The molecule has 0 unspecified atom stereocenters. The van der Waals surface area contributed by atoms with Crippen molar-refractivity contribution in [3.63, 3.8) is 0 Å². The van der Waals surface area contributed by atoms with Gasteiger partial charge in [-0.15, -0.1) is 0 Å². The Bertz CT molecular complexity index is 1150. The Labute approximate surface area is 190 Å². The fourth-order valence-corrected chi connectivity index (χ4v) is 4.23. The molecule has 4 rings (SSSR count). The molecular weight excluding hydrogens is 424 g/mol. The number of hydrogen-bond acceptors (Lipinski definition) is 8. The number of fused-ring (bicyclic) bond motifs is 1. The molecule has 1 aliphatic carbocycles. The summed E-state index contributed by atoms with van der Waals surface area (Å²) >= 11 is 0. The SMILES string of the molecule is COc1cc(-c2cc(C(=O)NC3CCC(NCCC(N)=O)CC3)c3c(N)ncnn23)ccn1. The van der Waals surface area contributed by atoms with Crippen LogP contribution >= 0.6 is 0 Å². The molecular formula is C22H28N8O3. The van der Waals surface area contributed by atoms with Crippen LogP contribution in [0.1, 0.15) is 42.5 Å². The van der Waals surface area contributed by atoms with E-state index in [1.54, 1.807) is 30.0 Å². The molecule has 1 aliphatic rings. The Morgan fingerprint density at radius 3 is 2.67 bits per heavy atom. The summed E-state index contributed by atoms with van der Waals surface area (Å²) in [6.07, 6.45) is 6.82. The van der Waals surface area contributed by atoms with Gasteiger partial charge in [0.2, 0.25) is 11.8 Å². The Balaban J connectivity index is 1.50. The van der Waals surface area contributed by atoms with E-state index in [2.05, 4.69) is 25.7 Å². The van der Waals surface area contributed by atoms with Crippen LogP contribution in [0.2, 0.25) is 0 Å². The first-order valence-electron chi connectivity index (χ1n) is 10.9. The number of pyridine rings is 1. The third-order valence-corrected chi connectivity index (χ3v) is 5.93. The quantitative estimate of drug-likeness (QED) is 0.391. The number of amides is 2. The fraction of sp³-hybridized carbons (Fsp3) is 0.409. The van der Waals surface area contributed by atoms with E-state index in [0.717, 1.165) is 31.2 Å². The van der Waals surface area contributed by atoms with Crippen LogP contribution in [0.25, 0.3) is 16.8 Å². The second-order valence-corrected chi connectivity index (χ2v) is 8.13. The highest BCUT2D eigenvalue weighted by Gasteiger charge is 2.25. The highest BCUT2D eigenvalue weighted by Crippen LogP contribution is 2.29. The number of carbonyl (C=O) groups is 2. The molecule has 0 aromatic carbocycles. The molecule has 33 heavy (non-hydrogen) atoms. The number of carbonyl (C=O) groups excluding carboxylic acids is 2. The second-order valence-electron chi connectivity index (χ2n) is 8.13. The minimum absolute atomic E-state index is 0.0527. The predicted molar refractivity (Wildman–Crippen MR) is 123 cm³/mol. The molecule has 3 aromatic heterocycles. The normalized spacial score (nSPS) is 18.2. The summed E-state index contributed by atoms with van der Waals surface area (Å²) in [6, 6.07) is 5.73. The molecule has 0 bridgehead atoms. The van der Waals surface area contributed by atoms with Crippen molar-refractivity contribution in [1.82, 2.24) is 30.2 Å². The van der Waals surface area contributed by atoms with Gasteiger partial charge in [0.1, 0.15) is 11.8 Å². The first-order valence-corrected chi connectivity index (χ1v) is 10.9. The maximum absolute atomic E-state index is 13.2. The van der Waals surface area contributed by atoms with E-state index >= 15 is 0 Å². The van der Waals surface area contributed by atoms with Crippen molar-refractivity contribution < 1.29 is 14.3 Å². The summed E-state index contributed by atoms with van der Waals surface area (Å²) in [4.78, 5) is 32.3. The maximum atomic E-state index is 13.2. The van der Waals surface area contributed by atoms with Gasteiger partial charge in [-0.25, -0.2) is 14.5 Å². The fourth-order valence-electron chi connectivity index (χ4n) is 4.23. The Morgan fingerprint density at radius 2 is 1.94 bits per heavy atom. The number of nitrogens with two attached hydrogens (primary N) is 2. The first-order chi connectivity index (χ1) is 16.0. The number of nitrogen functional groups attached to an aromatic ring is 1. The number of aromatic nitrogens is 4. The smallest absolute Gasteiger partial charge is 0.253 e. The number of nitrogens with zero attached hydrogens (tertiary/aromatic N) is 4. The van der Waals surface area contributed by atoms with Gasteiger partial charge in [-0.1, -0.05) is 0 Å². The minimum Gasteiger partial charge on any atom is -0.481 e. The second kappa shape index (κ2) is 9.82. The van der Waals surface area contributed by atoms with Gasteiger partial charge in [-0.05, 0) is 37.8 Å². The largest absolute Gasteiger partial charge is 0.481 e. The summed E-state index contributed by atoms with van der Waals surface area (Å²) in [5.41, 5.74) is 13.7. The zero-order chi connectivity index (χ0) is 23.4. The van der Waals surface area contributed by atoms with Crippen LogP contribution in [-0.2, 0) is 4.79 Å². The number of nitrogens with one attached hydrogen (secondary N) is 2. The van der Waals surface area contributed by atoms with Crippen LogP contribution in [0, 0.1) is 0 Å². The molecule has 0 saturated heterocycles. The van der Waals surface area contributed by atoms with Gasteiger partial charge < -0.3 is 26.8 Å². The molecule has 11 nitrogen and oxygen atoms in total. The van der Waals surface area contributed by atoms with Crippen molar-refractivity contribution in [3.05, 3.63) is 36.3 Å². The summed E-state index contributed by atoms with van der Waals surface area (Å²) in [5, 5.41) is 10.8. The summed E-state index contributed by atoms with van der Waals surface area (Å²) < 4.78 is 6.84. The van der Waals surface area contributed by atoms with Crippen LogP contribution in [0.4, 0.5) is 5.82 Å². The van der Waals surface area contributed by atoms with E-state index in [9.17, 15) is 9.59 Å². The third-order valence-electron chi connectivity index (χ3n) is 5.93. The lowest BCUT2D eigenvalue weighted by molar-refractivity contribution is -0.117. The van der Waals surface area contributed by atoms with Crippen LogP contribution in [-0.4, -0.2) is 57.1 Å². The standard InChI is InChI=1S/C22H28N8O3/c1-33-19-10-13(6-8-26-19)17-11-16(20-21(24)27-12-28-30(17)20)22(32)29-15-4-2-14(3-5-15)25-9-7-18(23)31/h6,8,10-12,14-15,25H,2-5,7,9H2,1H3,(H2,23,31)(H,29,32)(H2,24,27,28). The van der Waals surface area contributed by atoms with Gasteiger partial charge in [-0.3, -0.25) is 9.59 Å². The number of rotatable bonds is 8. The van der Waals surface area contributed by atoms with E-state index < -0.39 is 0 Å². The van der Waals surface area contributed by atoms with Gasteiger partial charge in [0.25, 0.3) is 5.91 Å². The van der Waals surface area contributed by atoms with Gasteiger partial charge in [-0.2, -0.15) is 5.10 Å². The highest BCUT2D eigenvalue weighted by atomic mass is 16.5. The molecule has 0 aliphatic heterocycles. The molecule has 0 atom stereocenters. The minimum atomic E-state index is -0.309. The monoisotopic (exact) mass is 452 g/mol. The number of anilines is 1. The van der Waals surface area contributed by atoms with E-state index in [1.807, 2.05) is 6.07 Å². The summed E-state index contributed by atoms with van der Waals surface area (Å²) in [5.74, 6) is 0.156. The maximum Gasteiger partial charge on any atom is 0.253 e. The van der Waals surface area contributed by atoms with Crippen LogP contribution in [0.15, 0.2) is 30.7 Å². The van der Waals surface area contributed by atoms with Gasteiger partial charge >= 0.3 is 0 Å². The van der Waals surface area contributed by atoms with Crippen molar-refractivity contribution >= 4 is 23.1 Å². The van der Waals surface area contributed by atoms with E-state index in [4.69, 9.17) is 16.2 Å². The van der Waals surface area contributed by atoms with Crippen LogP contribution < -0.4 is 26.8 Å². The van der Waals surface area contributed by atoms with E-state index in [0.29, 0.717) is 41.7 Å². The summed E-state index contributed by atoms with van der Waals surface area (Å²) in [7, 11) is 1.55. The van der Waals surface area contributed by atoms with Crippen molar-refractivity contribution in [2.75, 3.05) is 19.4 Å². The zero-order valence-corrected chi connectivity index (χ0v) is 18.5. The molecule has 3 aromatic rings. The molecule has 0 radical (unpaired) electrons. The highest BCUT2D eigenvalue weighted by molar-refractivity contribution is 6.05. The van der Waals surface area contributed by atoms with Gasteiger partial charge in [0.15, 0.2) is 5.82 Å². The lowest BCUT2D eigenvalue weighted by Crippen LogP contribution is -2.42. The van der Waals surface area contributed by atoms with Crippen LogP contribution in [0.3, 0.4) is 0 Å². The summed E-state index contributed by atoms with van der Waals surface area (Å²) in [6.45, 7) is 0.579.